The lowest BCUT2D eigenvalue weighted by Gasteiger charge is -2.25. The average molecular weight is 709 g/mol. The van der Waals surface area contributed by atoms with Crippen molar-refractivity contribution in [1.29, 1.82) is 0 Å². The molecule has 19 nitrogen and oxygen atoms in total. The van der Waals surface area contributed by atoms with E-state index in [9.17, 15) is 37.1 Å². The van der Waals surface area contributed by atoms with E-state index in [1.165, 1.54) is 13.0 Å². The minimum atomic E-state index is -4.02. The van der Waals surface area contributed by atoms with Crippen LogP contribution in [0.2, 0.25) is 0 Å². The maximum absolute atomic E-state index is 14.8. The van der Waals surface area contributed by atoms with E-state index in [4.69, 9.17) is 31.4 Å². The van der Waals surface area contributed by atoms with Crippen molar-refractivity contribution in [2.45, 2.75) is 62.1 Å². The van der Waals surface area contributed by atoms with Crippen LogP contribution in [0.4, 0.5) is 29.2 Å². The summed E-state index contributed by atoms with van der Waals surface area (Å²) in [5, 5.41) is 27.5. The van der Waals surface area contributed by atoms with Crippen molar-refractivity contribution in [2.75, 3.05) is 17.7 Å². The fourth-order valence-corrected chi connectivity index (χ4v) is 5.14. The van der Waals surface area contributed by atoms with Gasteiger partial charge in [0.05, 0.1) is 12.5 Å². The molecule has 2 aromatic heterocycles. The number of nitrogens with one attached hydrogen (secondary N) is 1. The van der Waals surface area contributed by atoms with E-state index in [1.54, 1.807) is 37.3 Å². The summed E-state index contributed by atoms with van der Waals surface area (Å²) in [7, 11) is 0. The van der Waals surface area contributed by atoms with Gasteiger partial charge in [0.2, 0.25) is 18.2 Å². The number of azide groups is 2. The van der Waals surface area contributed by atoms with Crippen LogP contribution in [0, 0.1) is 5.92 Å². The lowest BCUT2D eigenvalue weighted by atomic mass is 9.92. The molecule has 0 aliphatic carbocycles. The number of aliphatic hydroxyl groups is 2. The highest BCUT2D eigenvalue weighted by molar-refractivity contribution is 6.03. The zero-order valence-electron chi connectivity index (χ0n) is 25.9. The topological polar surface area (TPSA) is 281 Å². The Hall–Kier alpha value is -5.57. The molecule has 2 aliphatic heterocycles. The molecule has 5 rings (SSSR count). The van der Waals surface area contributed by atoms with Crippen LogP contribution in [0.3, 0.4) is 0 Å². The van der Waals surface area contributed by atoms with Gasteiger partial charge in [-0.1, -0.05) is 42.3 Å². The molecular formula is C27H28F4N12O7. The lowest BCUT2D eigenvalue weighted by Crippen LogP contribution is -2.47. The second-order valence-electron chi connectivity index (χ2n) is 10.9. The molecule has 0 spiro atoms. The molecule has 23 heteroatoms. The van der Waals surface area contributed by atoms with Gasteiger partial charge in [-0.05, 0) is 41.7 Å². The fraction of sp³-hybridized carbons (Fsp3) is 0.444. The number of hydrogen-bond donors (Lipinski definition) is 4. The van der Waals surface area contributed by atoms with E-state index in [1.807, 2.05) is 0 Å². The summed E-state index contributed by atoms with van der Waals surface area (Å²) in [6, 6.07) is 10.5. The second-order valence-corrected chi connectivity index (χ2v) is 10.9. The molecule has 0 unspecified atom stereocenters. The molecule has 1 amide bonds. The third kappa shape index (κ3) is 6.68. The van der Waals surface area contributed by atoms with Crippen molar-refractivity contribution < 1.29 is 42.0 Å². The van der Waals surface area contributed by atoms with E-state index in [0.29, 0.717) is 14.7 Å². The zero-order chi connectivity index (χ0) is 37.1. The molecule has 50 heavy (non-hydrogen) atoms. The number of nitrogen functional groups attached to an aromatic ring is 1. The first kappa shape index (κ1) is 37.3. The Balaban J connectivity index is 0.000000237. The average Bonchev–Trinajstić information content (AvgIpc) is 3.40. The largest absolute Gasteiger partial charge is 0.393 e. The van der Waals surface area contributed by atoms with Gasteiger partial charge in [0.25, 0.3) is 11.8 Å². The molecular weight excluding hydrogens is 680 g/mol. The monoisotopic (exact) mass is 708 g/mol. The minimum Gasteiger partial charge on any atom is -0.393 e. The summed E-state index contributed by atoms with van der Waals surface area (Å²) < 4.78 is 69.0. The van der Waals surface area contributed by atoms with Crippen molar-refractivity contribution >= 4 is 17.5 Å². The molecule has 4 heterocycles. The van der Waals surface area contributed by atoms with Gasteiger partial charge in [-0.2, -0.15) is 18.7 Å². The number of ether oxygens (including phenoxy) is 2. The third-order valence-corrected chi connectivity index (χ3v) is 7.96. The number of amides is 1. The number of carbonyl (C=O) groups is 1. The van der Waals surface area contributed by atoms with Gasteiger partial charge in [-0.25, -0.2) is 18.4 Å². The SMILES string of the molecule is CC[C@@]1(N=[N+]=[N-])O[C@@H](n2ccc(NC(=O)c3ccccc3)nc2=O)C(F)(F)[C@@H]1C.[N-]=[N+]=N[C@]1(CO)O[C@@H](n2ccc(N)nc2=O)C(F)(F)[C@@H]1O. The Kier molecular flexibility index (Phi) is 10.5. The quantitative estimate of drug-likeness (QED) is 0.115. The van der Waals surface area contributed by atoms with Gasteiger partial charge in [0.15, 0.2) is 11.8 Å². The van der Waals surface area contributed by atoms with Crippen molar-refractivity contribution in [3.63, 3.8) is 0 Å². The van der Waals surface area contributed by atoms with Gasteiger partial charge in [0, 0.05) is 27.8 Å². The second kappa shape index (κ2) is 14.1. The number of nitrogens with zero attached hydrogens (tertiary/aromatic N) is 10. The smallest absolute Gasteiger partial charge is 0.351 e. The molecule has 0 saturated carbocycles. The number of hydrogen-bond acceptors (Lipinski definition) is 12. The summed E-state index contributed by atoms with van der Waals surface area (Å²) in [5.74, 6) is -9.76. The first-order chi connectivity index (χ1) is 23.5. The van der Waals surface area contributed by atoms with Crippen LogP contribution in [0.1, 0.15) is 43.1 Å². The number of nitrogens with two attached hydrogens (primary N) is 1. The Labute approximate surface area is 277 Å². The van der Waals surface area contributed by atoms with Crippen molar-refractivity contribution in [1.82, 2.24) is 19.1 Å². The molecule has 0 radical (unpaired) electrons. The molecule has 3 aromatic rings. The molecule has 0 bridgehead atoms. The Morgan fingerprint density at radius 3 is 2.04 bits per heavy atom. The van der Waals surface area contributed by atoms with Crippen molar-refractivity contribution in [2.24, 2.45) is 16.1 Å². The number of rotatable bonds is 8. The standard InChI is InChI=1S/C18H18F2N6O3.C9H10F2N6O4/c1-3-17(24-25-21)11(2)18(19,20)15(29-17)26-10-9-13(23-16(26)28)22-14(27)12-7-5-4-6-8-12;10-9(11)5(19)8(3-18,15-16-13)21-6(9)17-2-1-4(12)14-7(17)20/h4-11,15H,3H2,1-2H3,(H,22,23,27,28);1-2,5-6,18-19H,3H2,(H2,12,14,20)/t11-,15-,17-;5-,6-,8-/m11/s1. The molecule has 5 N–H and O–H groups in total. The summed E-state index contributed by atoms with van der Waals surface area (Å²) in [6.45, 7) is 1.54. The number of aromatic nitrogens is 4. The van der Waals surface area contributed by atoms with Crippen molar-refractivity contribution in [3.05, 3.63) is 102 Å². The molecule has 6 atom stereocenters. The van der Waals surface area contributed by atoms with Gasteiger partial charge >= 0.3 is 17.3 Å². The summed E-state index contributed by atoms with van der Waals surface area (Å²) in [5.41, 5.74) is 16.1. The Morgan fingerprint density at radius 1 is 0.960 bits per heavy atom. The Bertz CT molecular complexity index is 1950. The highest BCUT2D eigenvalue weighted by Crippen LogP contribution is 2.53. The summed E-state index contributed by atoms with van der Waals surface area (Å²) >= 11 is 0. The number of alkyl halides is 4. The van der Waals surface area contributed by atoms with E-state index in [-0.39, 0.29) is 18.1 Å². The predicted molar refractivity (Wildman–Crippen MR) is 162 cm³/mol. The molecule has 2 saturated heterocycles. The first-order valence-corrected chi connectivity index (χ1v) is 14.4. The highest BCUT2D eigenvalue weighted by atomic mass is 19.3. The van der Waals surface area contributed by atoms with Crippen LogP contribution in [0.25, 0.3) is 20.9 Å². The number of halogens is 4. The number of aliphatic hydroxyl groups excluding tert-OH is 2. The van der Waals surface area contributed by atoms with Crippen molar-refractivity contribution in [3.8, 4) is 0 Å². The van der Waals surface area contributed by atoms with E-state index < -0.39 is 71.7 Å². The maximum atomic E-state index is 14.8. The molecule has 2 fully saturated rings. The van der Waals surface area contributed by atoms with Gasteiger partial charge in [-0.15, -0.1) is 0 Å². The minimum absolute atomic E-state index is 0.00227. The zero-order valence-corrected chi connectivity index (χ0v) is 25.9. The first-order valence-electron chi connectivity index (χ1n) is 14.4. The van der Waals surface area contributed by atoms with Crippen LogP contribution in [-0.4, -0.2) is 71.2 Å². The van der Waals surface area contributed by atoms with Crippen LogP contribution in [0.15, 0.2) is 74.7 Å². The number of carbonyl (C=O) groups excluding carboxylic acids is 1. The van der Waals surface area contributed by atoms with E-state index in [0.717, 1.165) is 18.5 Å². The fourth-order valence-electron chi connectivity index (χ4n) is 5.14. The van der Waals surface area contributed by atoms with Gasteiger partial charge in [-0.3, -0.25) is 13.9 Å². The van der Waals surface area contributed by atoms with Crippen LogP contribution < -0.4 is 22.4 Å². The van der Waals surface area contributed by atoms with E-state index in [2.05, 4.69) is 35.3 Å². The lowest BCUT2D eigenvalue weighted by molar-refractivity contribution is -0.144. The van der Waals surface area contributed by atoms with Gasteiger partial charge in [0.1, 0.15) is 11.6 Å². The predicted octanol–water partition coefficient (Wildman–Crippen LogP) is 3.06. The summed E-state index contributed by atoms with van der Waals surface area (Å²) in [6.07, 6.45) is -5.02. The third-order valence-electron chi connectivity index (χ3n) is 7.96. The van der Waals surface area contributed by atoms with Gasteiger partial charge < -0.3 is 30.7 Å². The molecule has 266 valence electrons. The summed E-state index contributed by atoms with van der Waals surface area (Å²) in [4.78, 5) is 47.9. The number of anilines is 2. The van der Waals surface area contributed by atoms with Crippen LogP contribution >= 0.6 is 0 Å². The highest BCUT2D eigenvalue weighted by Gasteiger charge is 2.67. The normalized spacial score (nSPS) is 27.6. The molecule has 1 aromatic carbocycles. The van der Waals surface area contributed by atoms with Crippen LogP contribution in [0.5, 0.6) is 0 Å². The van der Waals surface area contributed by atoms with E-state index >= 15 is 0 Å². The molecule has 2 aliphatic rings. The van der Waals surface area contributed by atoms with Crippen LogP contribution in [-0.2, 0) is 9.47 Å². The number of benzene rings is 1. The maximum Gasteiger partial charge on any atom is 0.351 e. The Morgan fingerprint density at radius 2 is 1.50 bits per heavy atom.